The Kier molecular flexibility index (Phi) is 11.2. The lowest BCUT2D eigenvalue weighted by molar-refractivity contribution is -0.177. The minimum absolute atomic E-state index is 0.0109. The van der Waals surface area contributed by atoms with Crippen molar-refractivity contribution in [2.24, 2.45) is 33.5 Å². The van der Waals surface area contributed by atoms with E-state index in [0.717, 1.165) is 29.7 Å². The maximum absolute atomic E-state index is 15.0. The van der Waals surface area contributed by atoms with Crippen molar-refractivity contribution in [1.82, 2.24) is 4.90 Å². The van der Waals surface area contributed by atoms with E-state index in [1.54, 1.807) is 14.2 Å². The lowest BCUT2D eigenvalue weighted by Crippen LogP contribution is -2.67. The summed E-state index contributed by atoms with van der Waals surface area (Å²) in [5.74, 6) is 0.579. The molecule has 2 bridgehead atoms. The first-order valence-electron chi connectivity index (χ1n) is 21.3. The number of rotatable bonds is 14. The maximum atomic E-state index is 15.0. The Bertz CT molecular complexity index is 2140. The molecule has 9 rings (SSSR count). The van der Waals surface area contributed by atoms with Crippen LogP contribution in [-0.4, -0.2) is 77.7 Å². The minimum atomic E-state index is -4.61. The van der Waals surface area contributed by atoms with E-state index in [2.05, 4.69) is 30.9 Å². The van der Waals surface area contributed by atoms with Gasteiger partial charge in [0.1, 0.15) is 11.5 Å². The Balaban J connectivity index is 1.14. The summed E-state index contributed by atoms with van der Waals surface area (Å²) in [7, 11) is 3.19. The predicted molar refractivity (Wildman–Crippen MR) is 221 cm³/mol. The monoisotopic (exact) mass is 829 g/mol. The molecule has 2 spiro atoms. The number of Topliss-reactive ketones (excluding diaryl/α,β-unsaturated/α-hetero) is 1. The van der Waals surface area contributed by atoms with Gasteiger partial charge in [-0.05, 0) is 86.0 Å². The molecule has 8 nitrogen and oxygen atoms in total. The second-order valence-corrected chi connectivity index (χ2v) is 18.7. The normalized spacial score (nSPS) is 33.5. The first-order valence-corrected chi connectivity index (χ1v) is 21.3. The van der Waals surface area contributed by atoms with Crippen LogP contribution in [0.1, 0.15) is 85.8 Å². The van der Waals surface area contributed by atoms with E-state index >= 15 is 0 Å². The highest BCUT2D eigenvalue weighted by Gasteiger charge is 2.74. The molecule has 11 heteroatoms. The Labute approximate surface area is 351 Å². The number of halogens is 3. The Hall–Kier alpha value is -4.00. The number of aliphatic hydroxyl groups is 3. The van der Waals surface area contributed by atoms with Gasteiger partial charge in [-0.2, -0.15) is 13.2 Å². The lowest BCUT2D eigenvalue weighted by Gasteiger charge is -2.71. The van der Waals surface area contributed by atoms with Crippen LogP contribution in [0.5, 0.6) is 11.5 Å². The molecule has 0 aliphatic heterocycles. The number of carbonyl (C=O) groups is 1. The SMILES string of the molecule is COc1ccc(CN(C[C@@H](O)COCc2ccccc2)C[C@]2(O)CC[C@H]3[C@]45C=C[C@@]6(C=C4C(=O)c4cccc(C(F)(F)F)c4)CC(O)CC[C@]6(C)[C@H]5CC[C@@]32C)c(OC)c1. The summed E-state index contributed by atoms with van der Waals surface area (Å²) in [6, 6.07) is 20.1. The number of allylic oxidation sites excluding steroid dienone is 4. The summed E-state index contributed by atoms with van der Waals surface area (Å²) in [6.07, 6.45) is 4.54. The minimum Gasteiger partial charge on any atom is -0.497 e. The second-order valence-electron chi connectivity index (χ2n) is 18.7. The third kappa shape index (κ3) is 7.02. The molecule has 3 aromatic rings. The van der Waals surface area contributed by atoms with Gasteiger partial charge in [0.15, 0.2) is 5.78 Å². The van der Waals surface area contributed by atoms with E-state index in [0.29, 0.717) is 68.7 Å². The number of hydrogen-bond acceptors (Lipinski definition) is 8. The number of ether oxygens (including phenoxy) is 3. The van der Waals surface area contributed by atoms with Crippen LogP contribution in [0.3, 0.4) is 0 Å². The maximum Gasteiger partial charge on any atom is 0.416 e. The molecule has 0 saturated heterocycles. The van der Waals surface area contributed by atoms with Gasteiger partial charge in [-0.1, -0.05) is 80.6 Å². The summed E-state index contributed by atoms with van der Waals surface area (Å²) in [5.41, 5.74) is -2.32. The van der Waals surface area contributed by atoms with Gasteiger partial charge in [0.05, 0.1) is 50.8 Å². The first kappa shape index (κ1) is 42.7. The Morgan fingerprint density at radius 2 is 1.63 bits per heavy atom. The van der Waals surface area contributed by atoms with Gasteiger partial charge in [-0.3, -0.25) is 9.69 Å². The molecular weight excluding hydrogens is 772 g/mol. The van der Waals surface area contributed by atoms with E-state index in [1.165, 1.54) is 12.1 Å². The third-order valence-electron chi connectivity index (χ3n) is 15.7. The number of aliphatic hydroxyl groups excluding tert-OH is 2. The summed E-state index contributed by atoms with van der Waals surface area (Å²) in [6.45, 7) is 5.59. The smallest absolute Gasteiger partial charge is 0.416 e. The van der Waals surface area contributed by atoms with Crippen LogP contribution in [0.4, 0.5) is 13.2 Å². The molecule has 3 N–H and O–H groups in total. The van der Waals surface area contributed by atoms with Gasteiger partial charge < -0.3 is 29.5 Å². The molecule has 6 aliphatic carbocycles. The average molecular weight is 830 g/mol. The number of alkyl halides is 3. The molecule has 1 unspecified atom stereocenters. The van der Waals surface area contributed by atoms with Crippen molar-refractivity contribution >= 4 is 5.78 Å². The summed E-state index contributed by atoms with van der Waals surface area (Å²) in [5, 5.41) is 35.8. The van der Waals surface area contributed by atoms with Crippen molar-refractivity contribution < 1.29 is 47.5 Å². The predicted octanol–water partition coefficient (Wildman–Crippen LogP) is 8.58. The molecule has 9 atom stereocenters. The molecule has 0 aromatic heterocycles. The van der Waals surface area contributed by atoms with E-state index in [9.17, 15) is 33.3 Å². The van der Waals surface area contributed by atoms with Gasteiger partial charge in [-0.25, -0.2) is 0 Å². The largest absolute Gasteiger partial charge is 0.497 e. The molecule has 3 fully saturated rings. The van der Waals surface area contributed by atoms with Crippen LogP contribution in [0.2, 0.25) is 0 Å². The highest BCUT2D eigenvalue weighted by atomic mass is 19.4. The molecule has 0 radical (unpaired) electrons. The number of ketones is 1. The molecule has 322 valence electrons. The highest BCUT2D eigenvalue weighted by Crippen LogP contribution is 2.78. The number of fused-ring (bicyclic) bond motifs is 1. The number of nitrogens with zero attached hydrogens (tertiary/aromatic N) is 1. The fourth-order valence-electron chi connectivity index (χ4n) is 12.6. The molecule has 3 saturated carbocycles. The fourth-order valence-corrected chi connectivity index (χ4v) is 12.6. The Morgan fingerprint density at radius 3 is 2.37 bits per heavy atom. The van der Waals surface area contributed by atoms with Crippen molar-refractivity contribution in [3.63, 3.8) is 0 Å². The van der Waals surface area contributed by atoms with Crippen LogP contribution >= 0.6 is 0 Å². The number of hydrogen-bond donors (Lipinski definition) is 3. The standard InChI is InChI=1S/C49H58F3NO7/c1-44-18-15-36(54)25-46(44)21-22-48(39(26-46)43(56)33-11-8-12-35(23-33)49(50,51)52)41(44)16-19-45(2)42(48)17-20-47(45,57)31-53(27-34-13-14-38(58-3)24-40(34)59-4)28-37(55)30-60-29-32-9-6-5-7-10-32/h5-14,21-24,26,36-37,41-42,54-55,57H,15-20,25,27-31H2,1-4H3/t36?,37-,41-,42-,44-,45+,46+,47-,48-/m1/s1. The quantitative estimate of drug-likeness (QED) is 0.110. The van der Waals surface area contributed by atoms with Crippen LogP contribution in [0.15, 0.2) is 96.6 Å². The van der Waals surface area contributed by atoms with Gasteiger partial charge in [0, 0.05) is 58.6 Å². The zero-order chi connectivity index (χ0) is 42.7. The van der Waals surface area contributed by atoms with Crippen molar-refractivity contribution in [3.05, 3.63) is 119 Å². The van der Waals surface area contributed by atoms with E-state index in [4.69, 9.17) is 14.2 Å². The summed E-state index contributed by atoms with van der Waals surface area (Å²) < 4.78 is 59.2. The average Bonchev–Trinajstić information content (AvgIpc) is 3.50. The second kappa shape index (κ2) is 15.7. The van der Waals surface area contributed by atoms with Gasteiger partial charge >= 0.3 is 6.18 Å². The third-order valence-corrected chi connectivity index (χ3v) is 15.7. The van der Waals surface area contributed by atoms with Crippen molar-refractivity contribution in [3.8, 4) is 11.5 Å². The summed E-state index contributed by atoms with van der Waals surface area (Å²) >= 11 is 0. The van der Waals surface area contributed by atoms with Gasteiger partial charge in [-0.15, -0.1) is 0 Å². The highest BCUT2D eigenvalue weighted by molar-refractivity contribution is 6.10. The van der Waals surface area contributed by atoms with Crippen LogP contribution < -0.4 is 9.47 Å². The molecule has 3 aromatic carbocycles. The van der Waals surface area contributed by atoms with E-state index < -0.39 is 51.6 Å². The van der Waals surface area contributed by atoms with Crippen LogP contribution in [-0.2, 0) is 24.1 Å². The Morgan fingerprint density at radius 1 is 0.900 bits per heavy atom. The molecule has 0 heterocycles. The molecule has 6 aliphatic rings. The number of benzene rings is 3. The number of carbonyl (C=O) groups excluding carboxylic acids is 1. The first-order chi connectivity index (χ1) is 28.5. The van der Waals surface area contributed by atoms with Crippen LogP contribution in [0.25, 0.3) is 0 Å². The molecular formula is C49H58F3NO7. The number of methoxy groups -OCH3 is 2. The van der Waals surface area contributed by atoms with Gasteiger partial charge in [0.25, 0.3) is 0 Å². The topological polar surface area (TPSA) is 109 Å². The molecule has 60 heavy (non-hydrogen) atoms. The fraction of sp³-hybridized carbons (Fsp3) is 0.531. The molecule has 0 amide bonds. The van der Waals surface area contributed by atoms with E-state index in [1.807, 2.05) is 54.6 Å². The van der Waals surface area contributed by atoms with Crippen molar-refractivity contribution in [1.29, 1.82) is 0 Å². The van der Waals surface area contributed by atoms with Crippen molar-refractivity contribution in [2.75, 3.05) is 33.9 Å². The zero-order valence-corrected chi connectivity index (χ0v) is 35.0. The van der Waals surface area contributed by atoms with E-state index in [-0.39, 0.29) is 42.5 Å². The van der Waals surface area contributed by atoms with Gasteiger partial charge in [0.2, 0.25) is 0 Å². The van der Waals surface area contributed by atoms with Crippen LogP contribution in [0, 0.1) is 33.5 Å². The lowest BCUT2D eigenvalue weighted by atomic mass is 9.32. The van der Waals surface area contributed by atoms with Crippen molar-refractivity contribution in [2.45, 2.75) is 95.9 Å². The zero-order valence-electron chi connectivity index (χ0n) is 35.0. The summed E-state index contributed by atoms with van der Waals surface area (Å²) in [4.78, 5) is 17.0.